The molecule has 0 radical (unpaired) electrons. The van der Waals surface area contributed by atoms with Crippen molar-refractivity contribution in [2.24, 2.45) is 0 Å². The Bertz CT molecular complexity index is 401. The minimum absolute atomic E-state index is 0.165. The van der Waals surface area contributed by atoms with Gasteiger partial charge in [0.1, 0.15) is 0 Å². The molecule has 0 aliphatic carbocycles. The highest BCUT2D eigenvalue weighted by Crippen LogP contribution is 2.30. The first-order valence-corrected chi connectivity index (χ1v) is 5.77. The average molecular weight is 218 g/mol. The zero-order valence-electron chi connectivity index (χ0n) is 9.92. The van der Waals surface area contributed by atoms with Gasteiger partial charge in [-0.2, -0.15) is 0 Å². The van der Waals surface area contributed by atoms with Crippen LogP contribution in [0.25, 0.3) is 0 Å². The van der Waals surface area contributed by atoms with Crippen molar-refractivity contribution in [2.75, 3.05) is 25.0 Å². The van der Waals surface area contributed by atoms with Crippen LogP contribution in [0.15, 0.2) is 18.2 Å². The second-order valence-corrected chi connectivity index (χ2v) is 4.26. The molecule has 1 N–H and O–H groups in total. The summed E-state index contributed by atoms with van der Waals surface area (Å²) in [6.45, 7) is 3.33. The number of fused-ring (bicyclic) bond motifs is 1. The molecule has 1 amide bonds. The molecule has 0 fully saturated rings. The summed E-state index contributed by atoms with van der Waals surface area (Å²) in [6, 6.07) is 6.27. The quantitative estimate of drug-likeness (QED) is 0.815. The van der Waals surface area contributed by atoms with Crippen LogP contribution in [0.2, 0.25) is 0 Å². The number of likely N-dealkylation sites (N-methyl/N-ethyl adjacent to an activating group) is 1. The van der Waals surface area contributed by atoms with Crippen molar-refractivity contribution >= 4 is 11.6 Å². The molecule has 86 valence electrons. The van der Waals surface area contributed by atoms with Gasteiger partial charge in [-0.15, -0.1) is 0 Å². The molecule has 0 atom stereocenters. The highest BCUT2D eigenvalue weighted by Gasteiger charge is 2.22. The minimum Gasteiger partial charge on any atom is -0.311 e. The van der Waals surface area contributed by atoms with Gasteiger partial charge < -0.3 is 10.2 Å². The standard InChI is InChI=1S/C13H18N2O/c1-10-5-3-6-11-7-4-8-15(13(10)11)12(16)9-14-2/h3,5-6,14H,4,7-9H2,1-2H3. The summed E-state index contributed by atoms with van der Waals surface area (Å²) in [5, 5.41) is 2.92. The molecule has 1 aromatic carbocycles. The first kappa shape index (κ1) is 11.1. The minimum atomic E-state index is 0.165. The molecule has 2 rings (SSSR count). The number of para-hydroxylation sites is 1. The molecule has 0 aromatic heterocycles. The van der Waals surface area contributed by atoms with Crippen LogP contribution in [-0.4, -0.2) is 26.0 Å². The lowest BCUT2D eigenvalue weighted by molar-refractivity contribution is -0.117. The Kier molecular flexibility index (Phi) is 3.25. The molecular weight excluding hydrogens is 200 g/mol. The predicted octanol–water partition coefficient (Wildman–Crippen LogP) is 1.49. The molecule has 0 unspecified atom stereocenters. The topological polar surface area (TPSA) is 32.3 Å². The number of rotatable bonds is 2. The Morgan fingerprint density at radius 2 is 2.31 bits per heavy atom. The van der Waals surface area contributed by atoms with E-state index in [1.807, 2.05) is 4.90 Å². The first-order chi connectivity index (χ1) is 7.74. The van der Waals surface area contributed by atoms with Crippen molar-refractivity contribution in [1.82, 2.24) is 5.32 Å². The fourth-order valence-corrected chi connectivity index (χ4v) is 2.34. The van der Waals surface area contributed by atoms with Crippen molar-refractivity contribution in [3.05, 3.63) is 29.3 Å². The second kappa shape index (κ2) is 4.66. The molecule has 0 saturated carbocycles. The Balaban J connectivity index is 2.35. The number of carbonyl (C=O) groups excluding carboxylic acids is 1. The molecular formula is C13H18N2O. The zero-order valence-corrected chi connectivity index (χ0v) is 9.92. The van der Waals surface area contributed by atoms with Gasteiger partial charge in [0.2, 0.25) is 5.91 Å². The lowest BCUT2D eigenvalue weighted by Gasteiger charge is -2.31. The molecule has 3 heteroatoms. The molecule has 3 nitrogen and oxygen atoms in total. The molecule has 1 aromatic rings. The van der Waals surface area contributed by atoms with Gasteiger partial charge in [-0.25, -0.2) is 0 Å². The van der Waals surface area contributed by atoms with E-state index >= 15 is 0 Å². The lowest BCUT2D eigenvalue weighted by Crippen LogP contribution is -2.40. The normalized spacial score (nSPS) is 14.8. The van der Waals surface area contributed by atoms with Gasteiger partial charge in [0.25, 0.3) is 0 Å². The van der Waals surface area contributed by atoms with Crippen molar-refractivity contribution in [2.45, 2.75) is 19.8 Å². The number of hydrogen-bond donors (Lipinski definition) is 1. The summed E-state index contributed by atoms with van der Waals surface area (Å²) >= 11 is 0. The number of benzene rings is 1. The van der Waals surface area contributed by atoms with Crippen LogP contribution in [-0.2, 0) is 11.2 Å². The Morgan fingerprint density at radius 1 is 1.50 bits per heavy atom. The highest BCUT2D eigenvalue weighted by atomic mass is 16.2. The summed E-state index contributed by atoms with van der Waals surface area (Å²) in [7, 11) is 1.81. The molecule has 0 spiro atoms. The molecule has 1 aliphatic rings. The van der Waals surface area contributed by atoms with Gasteiger partial charge in [0.05, 0.1) is 6.54 Å². The lowest BCUT2D eigenvalue weighted by atomic mass is 9.98. The summed E-state index contributed by atoms with van der Waals surface area (Å²) < 4.78 is 0. The maximum Gasteiger partial charge on any atom is 0.240 e. The summed E-state index contributed by atoms with van der Waals surface area (Å²) in [6.07, 6.45) is 2.15. The second-order valence-electron chi connectivity index (χ2n) is 4.26. The maximum atomic E-state index is 12.0. The van der Waals surface area contributed by atoms with E-state index in [1.54, 1.807) is 7.05 Å². The fraction of sp³-hybridized carbons (Fsp3) is 0.462. The van der Waals surface area contributed by atoms with Gasteiger partial charge in [-0.05, 0) is 37.9 Å². The van der Waals surface area contributed by atoms with Crippen molar-refractivity contribution in [1.29, 1.82) is 0 Å². The Morgan fingerprint density at radius 3 is 3.06 bits per heavy atom. The number of aryl methyl sites for hydroxylation is 2. The monoisotopic (exact) mass is 218 g/mol. The third-order valence-corrected chi connectivity index (χ3v) is 3.05. The number of nitrogens with zero attached hydrogens (tertiary/aromatic N) is 1. The first-order valence-electron chi connectivity index (χ1n) is 5.77. The van der Waals surface area contributed by atoms with Crippen LogP contribution in [0.1, 0.15) is 17.5 Å². The van der Waals surface area contributed by atoms with Gasteiger partial charge in [0, 0.05) is 12.2 Å². The van der Waals surface area contributed by atoms with E-state index in [-0.39, 0.29) is 5.91 Å². The number of amides is 1. The van der Waals surface area contributed by atoms with Gasteiger partial charge in [-0.3, -0.25) is 4.79 Å². The van der Waals surface area contributed by atoms with Crippen molar-refractivity contribution in [3.63, 3.8) is 0 Å². The van der Waals surface area contributed by atoms with Crippen molar-refractivity contribution in [3.8, 4) is 0 Å². The van der Waals surface area contributed by atoms with Crippen LogP contribution in [0, 0.1) is 6.92 Å². The number of carbonyl (C=O) groups is 1. The number of anilines is 1. The van der Waals surface area contributed by atoms with Gasteiger partial charge >= 0.3 is 0 Å². The van der Waals surface area contributed by atoms with Crippen LogP contribution in [0.3, 0.4) is 0 Å². The van der Waals surface area contributed by atoms with Gasteiger partial charge in [0.15, 0.2) is 0 Å². The van der Waals surface area contributed by atoms with E-state index in [9.17, 15) is 4.79 Å². The maximum absolute atomic E-state index is 12.0. The molecule has 0 saturated heterocycles. The van der Waals surface area contributed by atoms with Crippen LogP contribution in [0.4, 0.5) is 5.69 Å². The summed E-state index contributed by atoms with van der Waals surface area (Å²) in [5.41, 5.74) is 3.63. The van der Waals surface area contributed by atoms with Gasteiger partial charge in [-0.1, -0.05) is 18.2 Å². The van der Waals surface area contributed by atoms with Crippen LogP contribution in [0.5, 0.6) is 0 Å². The zero-order chi connectivity index (χ0) is 11.5. The largest absolute Gasteiger partial charge is 0.311 e. The fourth-order valence-electron chi connectivity index (χ4n) is 2.34. The Labute approximate surface area is 96.5 Å². The number of hydrogen-bond acceptors (Lipinski definition) is 2. The SMILES string of the molecule is CNCC(=O)N1CCCc2cccc(C)c21. The summed E-state index contributed by atoms with van der Waals surface area (Å²) in [5.74, 6) is 0.165. The smallest absolute Gasteiger partial charge is 0.240 e. The van der Waals surface area contributed by atoms with E-state index in [0.29, 0.717) is 6.54 Å². The highest BCUT2D eigenvalue weighted by molar-refractivity contribution is 5.96. The summed E-state index contributed by atoms with van der Waals surface area (Å²) in [4.78, 5) is 13.9. The van der Waals surface area contributed by atoms with E-state index < -0.39 is 0 Å². The van der Waals surface area contributed by atoms with E-state index in [4.69, 9.17) is 0 Å². The Hall–Kier alpha value is -1.35. The van der Waals surface area contributed by atoms with E-state index in [1.165, 1.54) is 11.1 Å². The molecule has 16 heavy (non-hydrogen) atoms. The van der Waals surface area contributed by atoms with Crippen molar-refractivity contribution < 1.29 is 4.79 Å². The van der Waals surface area contributed by atoms with Crippen LogP contribution >= 0.6 is 0 Å². The molecule has 1 heterocycles. The predicted molar refractivity (Wildman–Crippen MR) is 65.8 cm³/mol. The molecule has 0 bridgehead atoms. The molecule has 1 aliphatic heterocycles. The number of nitrogens with one attached hydrogen (secondary N) is 1. The van der Waals surface area contributed by atoms with Crippen LogP contribution < -0.4 is 10.2 Å². The third kappa shape index (κ3) is 1.95. The van der Waals surface area contributed by atoms with E-state index in [2.05, 4.69) is 30.4 Å². The van der Waals surface area contributed by atoms with E-state index in [0.717, 1.165) is 25.1 Å². The third-order valence-electron chi connectivity index (χ3n) is 3.05. The average Bonchev–Trinajstić information content (AvgIpc) is 2.29.